The van der Waals surface area contributed by atoms with Crippen LogP contribution in [0.2, 0.25) is 0 Å². The fourth-order valence-electron chi connectivity index (χ4n) is 4.79. The van der Waals surface area contributed by atoms with Gasteiger partial charge in [-0.2, -0.15) is 0 Å². The van der Waals surface area contributed by atoms with Crippen LogP contribution >= 0.6 is 0 Å². The van der Waals surface area contributed by atoms with E-state index in [4.69, 9.17) is 14.0 Å². The fourth-order valence-corrected chi connectivity index (χ4v) is 4.79. The minimum Gasteiger partial charge on any atom is -0.504 e. The Kier molecular flexibility index (Phi) is 4.89. The van der Waals surface area contributed by atoms with Crippen molar-refractivity contribution in [3.8, 4) is 17.2 Å². The summed E-state index contributed by atoms with van der Waals surface area (Å²) in [7, 11) is 3.14. The number of hydrogen-bond donors (Lipinski definition) is 2. The Hall–Kier alpha value is -3.74. The Labute approximate surface area is 185 Å². The summed E-state index contributed by atoms with van der Waals surface area (Å²) in [6.07, 6.45) is 1.09. The molecule has 0 saturated heterocycles. The first kappa shape index (κ1) is 20.2. The molecule has 32 heavy (non-hydrogen) atoms. The smallest absolute Gasteiger partial charge is 0.233 e. The summed E-state index contributed by atoms with van der Waals surface area (Å²) < 4.78 is 16.1. The van der Waals surface area contributed by atoms with Gasteiger partial charge in [0.2, 0.25) is 5.88 Å². The van der Waals surface area contributed by atoms with Crippen LogP contribution in [0.5, 0.6) is 17.2 Å². The van der Waals surface area contributed by atoms with Crippen LogP contribution in [0.3, 0.4) is 0 Å². The van der Waals surface area contributed by atoms with Gasteiger partial charge in [-0.1, -0.05) is 23.4 Å². The van der Waals surface area contributed by atoms with E-state index in [0.29, 0.717) is 24.5 Å². The third-order valence-corrected chi connectivity index (χ3v) is 6.38. The molecule has 5 rings (SSSR count). The van der Waals surface area contributed by atoms with Crippen molar-refractivity contribution in [1.29, 1.82) is 0 Å². The monoisotopic (exact) mass is 432 g/mol. The van der Waals surface area contributed by atoms with Crippen molar-refractivity contribution >= 4 is 11.7 Å². The molecule has 2 aromatic carbocycles. The number of ketones is 1. The van der Waals surface area contributed by atoms with Gasteiger partial charge in [0.1, 0.15) is 5.75 Å². The summed E-state index contributed by atoms with van der Waals surface area (Å²) in [6, 6.07) is 13.0. The molecule has 2 atom stereocenters. The van der Waals surface area contributed by atoms with E-state index in [9.17, 15) is 9.90 Å². The summed E-state index contributed by atoms with van der Waals surface area (Å²) in [5.41, 5.74) is 5.07. The van der Waals surface area contributed by atoms with Gasteiger partial charge in [-0.3, -0.25) is 4.79 Å². The highest BCUT2D eigenvalue weighted by Gasteiger charge is 2.41. The number of allylic oxidation sites excluding steroid dienone is 2. The summed E-state index contributed by atoms with van der Waals surface area (Å²) in [5.74, 6) is 1.56. The number of aromatic hydroxyl groups is 1. The number of carbonyl (C=O) groups excluding carboxylic acids is 1. The number of phenolic OH excluding ortho intramolecular Hbond substituents is 1. The third kappa shape index (κ3) is 3.21. The highest BCUT2D eigenvalue weighted by atomic mass is 16.5. The molecule has 7 heteroatoms. The topological polar surface area (TPSA) is 93.8 Å². The van der Waals surface area contributed by atoms with Crippen molar-refractivity contribution in [3.05, 3.63) is 76.1 Å². The highest BCUT2D eigenvalue weighted by Crippen LogP contribution is 2.49. The van der Waals surface area contributed by atoms with Gasteiger partial charge < -0.3 is 24.4 Å². The molecule has 2 heterocycles. The molecule has 0 fully saturated rings. The van der Waals surface area contributed by atoms with Gasteiger partial charge in [0.15, 0.2) is 17.3 Å². The van der Waals surface area contributed by atoms with Crippen molar-refractivity contribution in [3.63, 3.8) is 0 Å². The van der Waals surface area contributed by atoms with Crippen LogP contribution in [0.4, 0.5) is 5.88 Å². The van der Waals surface area contributed by atoms with E-state index >= 15 is 0 Å². The average Bonchev–Trinajstić information content (AvgIpc) is 3.18. The van der Waals surface area contributed by atoms with Crippen LogP contribution < -0.4 is 14.8 Å². The lowest BCUT2D eigenvalue weighted by Gasteiger charge is -2.34. The number of aromatic nitrogens is 1. The average molecular weight is 432 g/mol. The molecule has 164 valence electrons. The maximum atomic E-state index is 13.5. The Morgan fingerprint density at radius 1 is 1.06 bits per heavy atom. The molecule has 1 aliphatic carbocycles. The molecule has 3 aromatic rings. The highest BCUT2D eigenvalue weighted by molar-refractivity contribution is 6.01. The Balaban J connectivity index is 1.59. The van der Waals surface area contributed by atoms with Gasteiger partial charge in [0, 0.05) is 23.6 Å². The quantitative estimate of drug-likeness (QED) is 0.619. The first-order chi connectivity index (χ1) is 15.5. The van der Waals surface area contributed by atoms with Crippen LogP contribution in [0.15, 0.2) is 58.3 Å². The van der Waals surface area contributed by atoms with E-state index < -0.39 is 0 Å². The van der Waals surface area contributed by atoms with Crippen molar-refractivity contribution in [1.82, 2.24) is 5.16 Å². The summed E-state index contributed by atoms with van der Waals surface area (Å²) in [4.78, 5) is 13.5. The summed E-state index contributed by atoms with van der Waals surface area (Å²) >= 11 is 0. The maximum absolute atomic E-state index is 13.5. The number of anilines is 1. The van der Waals surface area contributed by atoms with Crippen LogP contribution in [0.25, 0.3) is 0 Å². The lowest BCUT2D eigenvalue weighted by Crippen LogP contribution is -2.29. The number of rotatable bonds is 4. The van der Waals surface area contributed by atoms with E-state index in [1.54, 1.807) is 19.2 Å². The Morgan fingerprint density at radius 3 is 2.53 bits per heavy atom. The number of nitrogens with zero attached hydrogens (tertiary/aromatic N) is 1. The van der Waals surface area contributed by atoms with E-state index in [1.807, 2.05) is 37.3 Å². The van der Waals surface area contributed by atoms with Gasteiger partial charge in [0.05, 0.1) is 25.5 Å². The standard InChI is InChI=1S/C25H24N2O5/c1-13-22-23(15-6-9-19(28)21(12-15)31-3)24-18(26-25(22)32-27-13)10-16(11-20(24)29)14-4-7-17(30-2)8-5-14/h4-9,12,16,23,26,28H,10-11H2,1-3H3/t16-,23-/m1/s1. The SMILES string of the molecule is COc1ccc([C@H]2CC(=O)C3=C(C2)Nc2onc(C)c2[C@H]3c2ccc(O)c(OC)c2)cc1. The van der Waals surface area contributed by atoms with Crippen LogP contribution in [-0.4, -0.2) is 30.3 Å². The second-order valence-electron chi connectivity index (χ2n) is 8.19. The van der Waals surface area contributed by atoms with Gasteiger partial charge >= 0.3 is 0 Å². The normalized spacial score (nSPS) is 19.8. The number of phenols is 1. The number of fused-ring (bicyclic) bond motifs is 1. The van der Waals surface area contributed by atoms with Gasteiger partial charge in [0.25, 0.3) is 0 Å². The lowest BCUT2D eigenvalue weighted by atomic mass is 9.72. The number of Topliss-reactive ketones (excluding diaryl/α,β-unsaturated/α-hetero) is 1. The van der Waals surface area contributed by atoms with E-state index in [0.717, 1.165) is 39.4 Å². The minimum absolute atomic E-state index is 0.0520. The van der Waals surface area contributed by atoms with Gasteiger partial charge in [-0.05, 0) is 54.7 Å². The predicted molar refractivity (Wildman–Crippen MR) is 118 cm³/mol. The van der Waals surface area contributed by atoms with E-state index in [1.165, 1.54) is 7.11 Å². The molecule has 1 aliphatic heterocycles. The number of hydrogen-bond acceptors (Lipinski definition) is 7. The van der Waals surface area contributed by atoms with E-state index in [-0.39, 0.29) is 23.4 Å². The molecule has 0 spiro atoms. The second-order valence-corrected chi connectivity index (χ2v) is 8.19. The van der Waals surface area contributed by atoms with Crippen LogP contribution in [-0.2, 0) is 4.79 Å². The first-order valence-electron chi connectivity index (χ1n) is 10.5. The number of ether oxygens (including phenoxy) is 2. The molecule has 2 N–H and O–H groups in total. The van der Waals surface area contributed by atoms with Crippen molar-refractivity contribution in [2.75, 3.05) is 19.5 Å². The molecular formula is C25H24N2O5. The molecule has 2 aliphatic rings. The number of aryl methyl sites for hydroxylation is 1. The maximum Gasteiger partial charge on any atom is 0.233 e. The molecule has 1 aromatic heterocycles. The second kappa shape index (κ2) is 7.75. The summed E-state index contributed by atoms with van der Waals surface area (Å²) in [5, 5.41) is 17.5. The van der Waals surface area contributed by atoms with Crippen molar-refractivity contribution in [2.24, 2.45) is 0 Å². The zero-order valence-corrected chi connectivity index (χ0v) is 18.1. The molecule has 0 bridgehead atoms. The minimum atomic E-state index is -0.341. The van der Waals surface area contributed by atoms with Crippen molar-refractivity contribution in [2.45, 2.75) is 31.6 Å². The zero-order valence-electron chi connectivity index (χ0n) is 18.1. The number of methoxy groups -OCH3 is 2. The molecule has 0 amide bonds. The predicted octanol–water partition coefficient (Wildman–Crippen LogP) is 4.66. The number of benzene rings is 2. The Bertz CT molecular complexity index is 1230. The molecular weight excluding hydrogens is 408 g/mol. The fraction of sp³-hybridized carbons (Fsp3) is 0.280. The summed E-state index contributed by atoms with van der Waals surface area (Å²) in [6.45, 7) is 1.87. The number of carbonyl (C=O) groups is 1. The molecule has 7 nitrogen and oxygen atoms in total. The van der Waals surface area contributed by atoms with Crippen molar-refractivity contribution < 1.29 is 23.9 Å². The van der Waals surface area contributed by atoms with Gasteiger partial charge in [-0.15, -0.1) is 0 Å². The molecule has 0 unspecified atom stereocenters. The Morgan fingerprint density at radius 2 is 1.81 bits per heavy atom. The zero-order chi connectivity index (χ0) is 22.4. The largest absolute Gasteiger partial charge is 0.504 e. The van der Waals surface area contributed by atoms with Crippen LogP contribution in [0, 0.1) is 6.92 Å². The lowest BCUT2D eigenvalue weighted by molar-refractivity contribution is -0.116. The van der Waals surface area contributed by atoms with E-state index in [2.05, 4.69) is 10.5 Å². The number of nitrogens with one attached hydrogen (secondary N) is 1. The molecule has 0 saturated carbocycles. The van der Waals surface area contributed by atoms with Crippen LogP contribution in [0.1, 0.15) is 47.1 Å². The third-order valence-electron chi connectivity index (χ3n) is 6.38. The van der Waals surface area contributed by atoms with Gasteiger partial charge in [-0.25, -0.2) is 0 Å². The first-order valence-corrected chi connectivity index (χ1v) is 10.5. The molecule has 0 radical (unpaired) electrons.